The number of amides is 2. The SMILES string of the molecule is C1=NCCO1.O=C1NCCN1. The fraction of sp³-hybridized carbons (Fsp3) is 0.667. The molecule has 0 radical (unpaired) electrons. The first-order valence-corrected chi connectivity index (χ1v) is 3.51. The quantitative estimate of drug-likeness (QED) is 0.490. The van der Waals surface area contributed by atoms with Gasteiger partial charge in [0.2, 0.25) is 0 Å². The minimum absolute atomic E-state index is 0.0463. The summed E-state index contributed by atoms with van der Waals surface area (Å²) in [5.41, 5.74) is 0. The lowest BCUT2D eigenvalue weighted by atomic mass is 10.7. The van der Waals surface area contributed by atoms with Crippen LogP contribution in [0.2, 0.25) is 0 Å². The van der Waals surface area contributed by atoms with Gasteiger partial charge in [0.15, 0.2) is 6.40 Å². The van der Waals surface area contributed by atoms with Crippen molar-refractivity contribution in [1.82, 2.24) is 10.6 Å². The van der Waals surface area contributed by atoms with E-state index in [4.69, 9.17) is 0 Å². The molecule has 0 atom stereocenters. The number of aliphatic imine (C=N–C) groups is 1. The van der Waals surface area contributed by atoms with Gasteiger partial charge in [0, 0.05) is 13.1 Å². The van der Waals surface area contributed by atoms with Crippen molar-refractivity contribution in [3.05, 3.63) is 0 Å². The first-order chi connectivity index (χ1) is 5.39. The number of hydrogen-bond acceptors (Lipinski definition) is 3. The highest BCUT2D eigenvalue weighted by Gasteiger charge is 2.02. The van der Waals surface area contributed by atoms with Crippen LogP contribution in [0.15, 0.2) is 4.99 Å². The van der Waals surface area contributed by atoms with Crippen LogP contribution in [0.4, 0.5) is 4.79 Å². The maximum atomic E-state index is 10.0. The van der Waals surface area contributed by atoms with E-state index < -0.39 is 0 Å². The lowest BCUT2D eigenvalue weighted by Crippen LogP contribution is -2.20. The molecule has 0 saturated carbocycles. The maximum absolute atomic E-state index is 10.0. The molecule has 0 aromatic rings. The molecule has 0 unspecified atom stereocenters. The summed E-state index contributed by atoms with van der Waals surface area (Å²) in [5, 5.41) is 5.14. The molecule has 0 bridgehead atoms. The van der Waals surface area contributed by atoms with Gasteiger partial charge >= 0.3 is 6.03 Å². The molecule has 0 aromatic heterocycles. The number of ether oxygens (including phenoxy) is 1. The summed E-state index contributed by atoms with van der Waals surface area (Å²) in [6.45, 7) is 3.18. The predicted octanol–water partition coefficient (Wildman–Crippen LogP) is -0.656. The van der Waals surface area contributed by atoms with Gasteiger partial charge in [-0.15, -0.1) is 0 Å². The molecule has 62 valence electrons. The topological polar surface area (TPSA) is 62.7 Å². The molecule has 0 aromatic carbocycles. The predicted molar refractivity (Wildman–Crippen MR) is 40.7 cm³/mol. The van der Waals surface area contributed by atoms with Crippen LogP contribution in [0.25, 0.3) is 0 Å². The highest BCUT2D eigenvalue weighted by atomic mass is 16.5. The summed E-state index contributed by atoms with van der Waals surface area (Å²) in [6, 6.07) is -0.0463. The average Bonchev–Trinajstić information content (AvgIpc) is 2.57. The zero-order valence-corrected chi connectivity index (χ0v) is 6.17. The standard InChI is InChI=1S/C3H6N2O.C3H5NO/c6-3-4-1-2-5-3;1-2-5-3-4-1/h1-2H2,(H2,4,5,6);3H,1-2H2. The van der Waals surface area contributed by atoms with Crippen LogP contribution in [-0.2, 0) is 4.74 Å². The van der Waals surface area contributed by atoms with Crippen molar-refractivity contribution < 1.29 is 9.53 Å². The van der Waals surface area contributed by atoms with Crippen LogP contribution in [0.5, 0.6) is 0 Å². The number of rotatable bonds is 0. The highest BCUT2D eigenvalue weighted by Crippen LogP contribution is 1.78. The third-order valence-electron chi connectivity index (χ3n) is 1.18. The second-order valence-electron chi connectivity index (χ2n) is 2.07. The Balaban J connectivity index is 0.000000112. The molecule has 5 nitrogen and oxygen atoms in total. The Morgan fingerprint density at radius 2 is 2.18 bits per heavy atom. The molecular weight excluding hydrogens is 146 g/mol. The van der Waals surface area contributed by atoms with E-state index >= 15 is 0 Å². The molecule has 2 N–H and O–H groups in total. The van der Waals surface area contributed by atoms with Crippen LogP contribution in [0.1, 0.15) is 0 Å². The summed E-state index contributed by atoms with van der Waals surface area (Å²) >= 11 is 0. The van der Waals surface area contributed by atoms with E-state index in [1.807, 2.05) is 0 Å². The van der Waals surface area contributed by atoms with Gasteiger partial charge in [-0.25, -0.2) is 4.79 Å². The van der Waals surface area contributed by atoms with Crippen LogP contribution in [0.3, 0.4) is 0 Å². The Morgan fingerprint density at radius 3 is 2.36 bits per heavy atom. The Hall–Kier alpha value is -1.26. The molecule has 0 aliphatic carbocycles. The summed E-state index contributed by atoms with van der Waals surface area (Å²) in [4.78, 5) is 13.8. The molecule has 1 saturated heterocycles. The summed E-state index contributed by atoms with van der Waals surface area (Å²) in [6.07, 6.45) is 1.49. The number of carbonyl (C=O) groups is 1. The molecule has 2 amide bonds. The second-order valence-corrected chi connectivity index (χ2v) is 2.07. The Kier molecular flexibility index (Phi) is 3.24. The van der Waals surface area contributed by atoms with Crippen molar-refractivity contribution in [2.24, 2.45) is 4.99 Å². The first-order valence-electron chi connectivity index (χ1n) is 3.51. The third-order valence-corrected chi connectivity index (χ3v) is 1.18. The van der Waals surface area contributed by atoms with Crippen LogP contribution >= 0.6 is 0 Å². The van der Waals surface area contributed by atoms with Gasteiger partial charge in [-0.3, -0.25) is 4.99 Å². The minimum atomic E-state index is -0.0463. The second kappa shape index (κ2) is 4.54. The van der Waals surface area contributed by atoms with E-state index in [9.17, 15) is 4.79 Å². The van der Waals surface area contributed by atoms with Gasteiger partial charge in [-0.1, -0.05) is 0 Å². The van der Waals surface area contributed by atoms with E-state index in [0.717, 1.165) is 26.2 Å². The molecule has 2 aliphatic rings. The van der Waals surface area contributed by atoms with Crippen molar-refractivity contribution >= 4 is 12.4 Å². The number of urea groups is 1. The smallest absolute Gasteiger partial charge is 0.314 e. The summed E-state index contributed by atoms with van der Waals surface area (Å²) in [5.74, 6) is 0. The molecule has 2 rings (SSSR count). The Labute approximate surface area is 64.8 Å². The third kappa shape index (κ3) is 3.44. The first kappa shape index (κ1) is 7.84. The van der Waals surface area contributed by atoms with Crippen molar-refractivity contribution in [3.8, 4) is 0 Å². The minimum Gasteiger partial charge on any atom is -0.482 e. The number of nitrogens with one attached hydrogen (secondary N) is 2. The number of carbonyl (C=O) groups excluding carboxylic acids is 1. The van der Waals surface area contributed by atoms with Gasteiger partial charge in [-0.05, 0) is 0 Å². The van der Waals surface area contributed by atoms with Gasteiger partial charge in [-0.2, -0.15) is 0 Å². The fourth-order valence-corrected chi connectivity index (χ4v) is 0.678. The van der Waals surface area contributed by atoms with Crippen molar-refractivity contribution in [2.45, 2.75) is 0 Å². The Bertz CT molecular complexity index is 144. The van der Waals surface area contributed by atoms with Crippen LogP contribution in [0, 0.1) is 0 Å². The Morgan fingerprint density at radius 1 is 1.45 bits per heavy atom. The van der Waals surface area contributed by atoms with Gasteiger partial charge in [0.05, 0.1) is 6.54 Å². The normalized spacial score (nSPS) is 19.5. The van der Waals surface area contributed by atoms with Gasteiger partial charge in [0.25, 0.3) is 0 Å². The lowest BCUT2D eigenvalue weighted by Gasteiger charge is -1.80. The van der Waals surface area contributed by atoms with E-state index in [0.29, 0.717) is 0 Å². The summed E-state index contributed by atoms with van der Waals surface area (Å²) < 4.78 is 4.65. The largest absolute Gasteiger partial charge is 0.482 e. The van der Waals surface area contributed by atoms with Crippen molar-refractivity contribution in [1.29, 1.82) is 0 Å². The molecular formula is C6H11N3O2. The van der Waals surface area contributed by atoms with Gasteiger partial charge < -0.3 is 15.4 Å². The van der Waals surface area contributed by atoms with E-state index in [2.05, 4.69) is 20.4 Å². The van der Waals surface area contributed by atoms with Crippen molar-refractivity contribution in [3.63, 3.8) is 0 Å². The zero-order valence-electron chi connectivity index (χ0n) is 6.17. The monoisotopic (exact) mass is 157 g/mol. The van der Waals surface area contributed by atoms with Crippen LogP contribution < -0.4 is 10.6 Å². The summed E-state index contributed by atoms with van der Waals surface area (Å²) in [7, 11) is 0. The molecule has 11 heavy (non-hydrogen) atoms. The maximum Gasteiger partial charge on any atom is 0.314 e. The molecule has 2 heterocycles. The number of hydrogen-bond donors (Lipinski definition) is 2. The van der Waals surface area contributed by atoms with Crippen LogP contribution in [-0.4, -0.2) is 38.7 Å². The van der Waals surface area contributed by atoms with E-state index in [1.165, 1.54) is 6.40 Å². The molecule has 2 aliphatic heterocycles. The fourth-order valence-electron chi connectivity index (χ4n) is 0.678. The van der Waals surface area contributed by atoms with Gasteiger partial charge in [0.1, 0.15) is 6.61 Å². The lowest BCUT2D eigenvalue weighted by molar-refractivity contribution is 0.248. The van der Waals surface area contributed by atoms with E-state index in [-0.39, 0.29) is 6.03 Å². The number of nitrogens with zero attached hydrogens (tertiary/aromatic N) is 1. The van der Waals surface area contributed by atoms with E-state index in [1.54, 1.807) is 0 Å². The molecule has 0 spiro atoms. The van der Waals surface area contributed by atoms with Crippen molar-refractivity contribution in [2.75, 3.05) is 26.2 Å². The zero-order chi connectivity index (χ0) is 7.94. The average molecular weight is 157 g/mol. The molecule has 5 heteroatoms. The molecule has 1 fully saturated rings. The highest BCUT2D eigenvalue weighted by molar-refractivity contribution is 5.75.